The van der Waals surface area contributed by atoms with Crippen molar-refractivity contribution in [3.05, 3.63) is 58.9 Å². The number of nitrogens with zero attached hydrogens (tertiary/aromatic N) is 3. The lowest BCUT2D eigenvalue weighted by Gasteiger charge is -2.22. The standard InChI is InChI=1S/C21H20ClN3O4/c1-27-17-10-9-13(12-18(17)28-2)21(26)25-11-5-8-16(25)20-23-19(24-29-20)14-6-3-4-7-15(14)22/h3-4,6-7,9-10,12,16H,5,8,11H2,1-2H3/t16-/m1/s1. The maximum atomic E-state index is 13.1. The zero-order chi connectivity index (χ0) is 20.4. The molecule has 29 heavy (non-hydrogen) atoms. The molecule has 0 radical (unpaired) electrons. The lowest BCUT2D eigenvalue weighted by molar-refractivity contribution is 0.0709. The van der Waals surface area contributed by atoms with E-state index in [9.17, 15) is 4.79 Å². The predicted octanol–water partition coefficient (Wildman–Crippen LogP) is 4.38. The van der Waals surface area contributed by atoms with Gasteiger partial charge in [-0.05, 0) is 43.2 Å². The van der Waals surface area contributed by atoms with E-state index in [1.165, 1.54) is 0 Å². The van der Waals surface area contributed by atoms with Crippen LogP contribution in [-0.2, 0) is 0 Å². The SMILES string of the molecule is COc1ccc(C(=O)N2CCC[C@@H]2c2nc(-c3ccccc3Cl)no2)cc1OC. The minimum atomic E-state index is -0.278. The van der Waals surface area contributed by atoms with Gasteiger partial charge >= 0.3 is 0 Å². The lowest BCUT2D eigenvalue weighted by Crippen LogP contribution is -2.30. The van der Waals surface area contributed by atoms with Crippen molar-refractivity contribution in [2.24, 2.45) is 0 Å². The number of aromatic nitrogens is 2. The zero-order valence-electron chi connectivity index (χ0n) is 16.1. The van der Waals surface area contributed by atoms with Gasteiger partial charge in [-0.25, -0.2) is 0 Å². The molecule has 1 aromatic heterocycles. The highest BCUT2D eigenvalue weighted by atomic mass is 35.5. The van der Waals surface area contributed by atoms with Crippen molar-refractivity contribution in [3.8, 4) is 22.9 Å². The highest BCUT2D eigenvalue weighted by Gasteiger charge is 2.35. The summed E-state index contributed by atoms with van der Waals surface area (Å²) < 4.78 is 16.1. The second-order valence-electron chi connectivity index (χ2n) is 6.66. The average molecular weight is 414 g/mol. The molecule has 1 aliphatic heterocycles. The van der Waals surface area contributed by atoms with Crippen LogP contribution in [0.15, 0.2) is 47.0 Å². The van der Waals surface area contributed by atoms with Crippen LogP contribution in [0, 0.1) is 0 Å². The second-order valence-corrected chi connectivity index (χ2v) is 7.07. The van der Waals surface area contributed by atoms with Gasteiger partial charge in [0, 0.05) is 17.7 Å². The Bertz CT molecular complexity index is 1040. The number of hydrogen-bond donors (Lipinski definition) is 0. The first kappa shape index (κ1) is 19.3. The summed E-state index contributed by atoms with van der Waals surface area (Å²) in [5.74, 6) is 1.78. The summed E-state index contributed by atoms with van der Waals surface area (Å²) in [6, 6.07) is 12.2. The van der Waals surface area contributed by atoms with Crippen LogP contribution in [-0.4, -0.2) is 41.7 Å². The normalized spacial score (nSPS) is 16.1. The van der Waals surface area contributed by atoms with Crippen molar-refractivity contribution in [3.63, 3.8) is 0 Å². The molecule has 8 heteroatoms. The van der Waals surface area contributed by atoms with E-state index < -0.39 is 0 Å². The molecule has 1 saturated heterocycles. The van der Waals surface area contributed by atoms with Gasteiger partial charge in [0.1, 0.15) is 6.04 Å². The number of carbonyl (C=O) groups is 1. The van der Waals surface area contributed by atoms with E-state index >= 15 is 0 Å². The molecule has 1 aliphatic rings. The number of halogens is 1. The first-order valence-corrected chi connectivity index (χ1v) is 9.61. The van der Waals surface area contributed by atoms with Crippen LogP contribution >= 0.6 is 11.6 Å². The highest BCUT2D eigenvalue weighted by molar-refractivity contribution is 6.33. The molecular weight excluding hydrogens is 394 g/mol. The predicted molar refractivity (Wildman–Crippen MR) is 107 cm³/mol. The first-order chi connectivity index (χ1) is 14.1. The average Bonchev–Trinajstić information content (AvgIpc) is 3.42. The van der Waals surface area contributed by atoms with Gasteiger partial charge in [0.2, 0.25) is 11.7 Å². The third-order valence-electron chi connectivity index (χ3n) is 4.99. The second kappa shape index (κ2) is 8.13. The maximum absolute atomic E-state index is 13.1. The fourth-order valence-corrected chi connectivity index (χ4v) is 3.74. The molecule has 0 bridgehead atoms. The molecule has 4 rings (SSSR count). The largest absolute Gasteiger partial charge is 0.493 e. The Morgan fingerprint density at radius 3 is 2.72 bits per heavy atom. The minimum Gasteiger partial charge on any atom is -0.493 e. The summed E-state index contributed by atoms with van der Waals surface area (Å²) in [5.41, 5.74) is 1.21. The smallest absolute Gasteiger partial charge is 0.254 e. The zero-order valence-corrected chi connectivity index (χ0v) is 16.8. The summed E-state index contributed by atoms with van der Waals surface area (Å²) in [4.78, 5) is 19.4. The van der Waals surface area contributed by atoms with Crippen molar-refractivity contribution in [1.82, 2.24) is 15.0 Å². The van der Waals surface area contributed by atoms with Crippen LogP contribution in [0.2, 0.25) is 5.02 Å². The summed E-state index contributed by atoms with van der Waals surface area (Å²) in [6.07, 6.45) is 1.61. The first-order valence-electron chi connectivity index (χ1n) is 9.24. The van der Waals surface area contributed by atoms with Gasteiger partial charge in [-0.2, -0.15) is 4.98 Å². The number of carbonyl (C=O) groups excluding carboxylic acids is 1. The monoisotopic (exact) mass is 413 g/mol. The van der Waals surface area contributed by atoms with Gasteiger partial charge in [0.15, 0.2) is 11.5 Å². The number of amides is 1. The Balaban J connectivity index is 1.60. The third-order valence-corrected chi connectivity index (χ3v) is 5.32. The quantitative estimate of drug-likeness (QED) is 0.617. The van der Waals surface area contributed by atoms with Crippen LogP contribution in [0.5, 0.6) is 11.5 Å². The summed E-state index contributed by atoms with van der Waals surface area (Å²) in [6.45, 7) is 0.613. The van der Waals surface area contributed by atoms with E-state index in [2.05, 4.69) is 10.1 Å². The molecular formula is C21H20ClN3O4. The van der Waals surface area contributed by atoms with Gasteiger partial charge in [-0.15, -0.1) is 0 Å². The van der Waals surface area contributed by atoms with Crippen LogP contribution in [0.25, 0.3) is 11.4 Å². The van der Waals surface area contributed by atoms with Crippen LogP contribution in [0.4, 0.5) is 0 Å². The van der Waals surface area contributed by atoms with E-state index in [1.54, 1.807) is 43.4 Å². The minimum absolute atomic E-state index is 0.119. The number of ether oxygens (including phenoxy) is 2. The third kappa shape index (κ3) is 3.65. The molecule has 0 spiro atoms. The summed E-state index contributed by atoms with van der Waals surface area (Å²) in [5, 5.41) is 4.61. The van der Waals surface area contributed by atoms with E-state index in [0.29, 0.717) is 45.9 Å². The Kier molecular flexibility index (Phi) is 5.40. The molecule has 2 aromatic carbocycles. The van der Waals surface area contributed by atoms with Crippen molar-refractivity contribution in [1.29, 1.82) is 0 Å². The molecule has 1 atom stereocenters. The van der Waals surface area contributed by atoms with Crippen molar-refractivity contribution in [2.75, 3.05) is 20.8 Å². The molecule has 1 fully saturated rings. The van der Waals surface area contributed by atoms with E-state index in [0.717, 1.165) is 12.8 Å². The summed E-state index contributed by atoms with van der Waals surface area (Å²) in [7, 11) is 3.10. The van der Waals surface area contributed by atoms with Gasteiger partial charge in [0.05, 0.1) is 19.2 Å². The molecule has 0 unspecified atom stereocenters. The molecule has 3 aromatic rings. The Morgan fingerprint density at radius 1 is 1.17 bits per heavy atom. The molecule has 0 saturated carbocycles. The van der Waals surface area contributed by atoms with E-state index in [1.807, 2.05) is 18.2 Å². The van der Waals surface area contributed by atoms with Crippen molar-refractivity contribution < 1.29 is 18.8 Å². The van der Waals surface area contributed by atoms with Gasteiger partial charge in [0.25, 0.3) is 5.91 Å². The Morgan fingerprint density at radius 2 is 1.97 bits per heavy atom. The lowest BCUT2D eigenvalue weighted by atomic mass is 10.1. The molecule has 0 N–H and O–H groups in total. The summed E-state index contributed by atoms with van der Waals surface area (Å²) >= 11 is 6.23. The Labute approximate surface area is 173 Å². The molecule has 1 amide bonds. The van der Waals surface area contributed by atoms with E-state index in [-0.39, 0.29) is 11.9 Å². The van der Waals surface area contributed by atoms with Gasteiger partial charge < -0.3 is 18.9 Å². The van der Waals surface area contributed by atoms with Crippen molar-refractivity contribution >= 4 is 17.5 Å². The fraction of sp³-hybridized carbons (Fsp3) is 0.286. The van der Waals surface area contributed by atoms with Crippen LogP contribution in [0.3, 0.4) is 0 Å². The highest BCUT2D eigenvalue weighted by Crippen LogP contribution is 2.35. The maximum Gasteiger partial charge on any atom is 0.254 e. The molecule has 0 aliphatic carbocycles. The number of hydrogen-bond acceptors (Lipinski definition) is 6. The van der Waals surface area contributed by atoms with Crippen molar-refractivity contribution in [2.45, 2.75) is 18.9 Å². The molecule has 150 valence electrons. The number of rotatable bonds is 5. The number of likely N-dealkylation sites (tertiary alicyclic amines) is 1. The fourth-order valence-electron chi connectivity index (χ4n) is 3.52. The number of methoxy groups -OCH3 is 2. The molecule has 7 nitrogen and oxygen atoms in total. The molecule has 2 heterocycles. The van der Waals surface area contributed by atoms with Gasteiger partial charge in [-0.3, -0.25) is 4.79 Å². The van der Waals surface area contributed by atoms with E-state index in [4.69, 9.17) is 25.6 Å². The number of benzene rings is 2. The topological polar surface area (TPSA) is 77.7 Å². The van der Waals surface area contributed by atoms with Crippen LogP contribution < -0.4 is 9.47 Å². The Hall–Kier alpha value is -3.06. The van der Waals surface area contributed by atoms with Gasteiger partial charge in [-0.1, -0.05) is 28.9 Å². The van der Waals surface area contributed by atoms with Crippen LogP contribution in [0.1, 0.15) is 35.1 Å².